The Bertz CT molecular complexity index is 2540. The largest absolute Gasteiger partial charge is 0.394 e. The SMILES string of the molecule is C[C@@H]1CC[C@@]2(OC1)O[C@H]1C[C@@H]3[C@H](CC[C@H]4[C@H]3C[C@H](O)[C@@]3(O)C[C@@H](O[C@@H]5O[C@H](CO)[C@H](O[C@@H]6O[C@H](CO)[C@@H](O)[C@H](O[C@@H]7O[C@H](CO)[C@@H](O[C@@H]8O[C@@H](C)[C@H](O)[C@@H](O)[C@H]8O)[C@H](O)[C@H]7O)[C@H]6O[C@@H]6O[C@H](CO)[C@@H](O)[C@H](O[C@@H]7O[C@H](CO)[C@@H](O)[C@H](O)[C@H]7O)[C@H]6O)[C@H](O)[C@H]5O)CC[C@]43C)[C@H]1[C@@H]2C. The van der Waals surface area contributed by atoms with Gasteiger partial charge in [-0.2, -0.15) is 0 Å². The van der Waals surface area contributed by atoms with Gasteiger partial charge in [0.1, 0.15) is 140 Å². The molecule has 96 heavy (non-hydrogen) atoms. The fourth-order valence-corrected chi connectivity index (χ4v) is 18.6. The highest BCUT2D eigenvalue weighted by Gasteiger charge is 2.70. The summed E-state index contributed by atoms with van der Waals surface area (Å²) in [5, 5.41) is 224. The lowest BCUT2D eigenvalue weighted by Crippen LogP contribution is -2.70. The predicted molar refractivity (Wildman–Crippen MR) is 310 cm³/mol. The Morgan fingerprint density at radius 1 is 0.406 bits per heavy atom. The molecule has 43 atom stereocenters. The van der Waals surface area contributed by atoms with E-state index in [9.17, 15) is 102 Å². The van der Waals surface area contributed by atoms with Crippen LogP contribution in [0.3, 0.4) is 0 Å². The number of rotatable bonds is 17. The van der Waals surface area contributed by atoms with Crippen LogP contribution in [0.2, 0.25) is 0 Å². The van der Waals surface area contributed by atoms with Crippen LogP contribution in [0.25, 0.3) is 0 Å². The maximum Gasteiger partial charge on any atom is 0.187 e. The van der Waals surface area contributed by atoms with Crippen LogP contribution < -0.4 is 0 Å². The summed E-state index contributed by atoms with van der Waals surface area (Å²) in [6, 6.07) is 0. The molecule has 12 fully saturated rings. The first kappa shape index (κ1) is 74.4. The number of ether oxygens (including phenoxy) is 14. The van der Waals surface area contributed by atoms with Crippen LogP contribution in [-0.2, 0) is 66.3 Å². The quantitative estimate of drug-likeness (QED) is 0.0601. The summed E-state index contributed by atoms with van der Waals surface area (Å²) in [4.78, 5) is 0. The molecule has 34 nitrogen and oxygen atoms in total. The molecule has 0 aromatic rings. The van der Waals surface area contributed by atoms with E-state index in [1.165, 1.54) is 6.92 Å². The van der Waals surface area contributed by atoms with Gasteiger partial charge in [-0.15, -0.1) is 0 Å². The van der Waals surface area contributed by atoms with Crippen LogP contribution in [0, 0.1) is 46.8 Å². The number of hydrogen-bond acceptors (Lipinski definition) is 34. The molecule has 12 rings (SSSR count). The van der Waals surface area contributed by atoms with Gasteiger partial charge in [0.05, 0.1) is 69.7 Å². The van der Waals surface area contributed by atoms with Crippen molar-refractivity contribution < 1.29 is 168 Å². The van der Waals surface area contributed by atoms with Crippen LogP contribution in [-0.4, -0.2) is 356 Å². The molecular formula is C62H102O34. The zero-order chi connectivity index (χ0) is 69.1. The first-order chi connectivity index (χ1) is 45.6. The summed E-state index contributed by atoms with van der Waals surface area (Å²) in [6.45, 7) is 3.40. The van der Waals surface area contributed by atoms with Gasteiger partial charge in [-0.05, 0) is 87.4 Å². The third-order valence-corrected chi connectivity index (χ3v) is 24.2. The van der Waals surface area contributed by atoms with Gasteiger partial charge in [-0.3, -0.25) is 0 Å². The zero-order valence-corrected chi connectivity index (χ0v) is 53.9. The average Bonchev–Trinajstić information content (AvgIpc) is 1.42. The van der Waals surface area contributed by atoms with Gasteiger partial charge in [0.15, 0.2) is 43.5 Å². The molecule has 554 valence electrons. The Kier molecular flexibility index (Phi) is 22.7. The lowest BCUT2D eigenvalue weighted by molar-refractivity contribution is -0.414. The van der Waals surface area contributed by atoms with Crippen molar-refractivity contribution >= 4 is 0 Å². The maximum atomic E-state index is 12.9. The molecule has 8 saturated heterocycles. The maximum absolute atomic E-state index is 12.9. The highest BCUT2D eigenvalue weighted by atomic mass is 16.8. The van der Waals surface area contributed by atoms with E-state index in [0.29, 0.717) is 43.6 Å². The standard InChI is InChI=1S/C62H102O34/c1-20-7-10-62(83-19-20)21(2)35-24-5-6-27-26(25(24)11-28(35)96-62)12-34(68)61(82)13-23(8-9-60(27,61)4)85-55-46(79)42(75)50(33(18-67)89-55)92-59-53(95-58-48(81)51(38(71)30(15-64)87-58)93-56-45(78)41(74)37(70)29(14-63)86-56)52(39(72)31(16-65)88-59)94-57-47(80)43(76)49(32(17-66)90-57)91-54-44(77)40(73)36(69)22(3)84-54/h20-59,63-82H,5-19H2,1-4H3/t20-,21+,22+,23+,24+,25-,26+,27+,28+,29-,30-,31-,32-,33-,34+,35-,36+,37-,38-,39-,40-,41+,42-,43-,44-,45-,46-,47-,48-,49-,50+,51+,52+,53-,54+,55-,56+,57+,58+,59+,60-,61+,62-/m1/s1. The molecule has 0 aromatic heterocycles. The number of hydrogen-bond donors (Lipinski definition) is 20. The topological polar surface area (TPSA) is 534 Å². The lowest BCUT2D eigenvalue weighted by Gasteiger charge is -2.64. The van der Waals surface area contributed by atoms with Crippen molar-refractivity contribution in [2.75, 3.05) is 39.6 Å². The Balaban J connectivity index is 0.773. The van der Waals surface area contributed by atoms with E-state index in [2.05, 4.69) is 13.8 Å². The molecule has 0 unspecified atom stereocenters. The summed E-state index contributed by atoms with van der Waals surface area (Å²) in [5.74, 6) is 1.27. The first-order valence-corrected chi connectivity index (χ1v) is 34.0. The van der Waals surface area contributed by atoms with Crippen LogP contribution >= 0.6 is 0 Å². The van der Waals surface area contributed by atoms with E-state index in [-0.39, 0.29) is 36.2 Å². The summed E-state index contributed by atoms with van der Waals surface area (Å²) in [7, 11) is 0. The molecule has 12 aliphatic rings. The van der Waals surface area contributed by atoms with E-state index in [0.717, 1.165) is 32.1 Å². The van der Waals surface area contributed by atoms with Crippen LogP contribution in [0.4, 0.5) is 0 Å². The third-order valence-electron chi connectivity index (χ3n) is 24.2. The highest BCUT2D eigenvalue weighted by Crippen LogP contribution is 2.68. The van der Waals surface area contributed by atoms with Crippen LogP contribution in [0.5, 0.6) is 0 Å². The third kappa shape index (κ3) is 13.0. The Hall–Kier alpha value is -1.36. The van der Waals surface area contributed by atoms with Crippen molar-refractivity contribution in [3.8, 4) is 0 Å². The normalized spacial score (nSPS) is 57.6. The van der Waals surface area contributed by atoms with Gasteiger partial charge < -0.3 is 168 Å². The van der Waals surface area contributed by atoms with Gasteiger partial charge in [0.25, 0.3) is 0 Å². The fraction of sp³-hybridized carbons (Fsp3) is 1.00. The molecule has 0 radical (unpaired) electrons. The average molecular weight is 1390 g/mol. The molecule has 4 aliphatic carbocycles. The van der Waals surface area contributed by atoms with E-state index in [1.807, 2.05) is 6.92 Å². The second-order valence-corrected chi connectivity index (χ2v) is 29.5. The molecule has 8 heterocycles. The molecule has 0 aromatic carbocycles. The molecule has 1 spiro atoms. The lowest BCUT2D eigenvalue weighted by atomic mass is 9.44. The van der Waals surface area contributed by atoms with Gasteiger partial charge in [0, 0.05) is 24.2 Å². The van der Waals surface area contributed by atoms with Crippen molar-refractivity contribution in [3.05, 3.63) is 0 Å². The summed E-state index contributed by atoms with van der Waals surface area (Å²) >= 11 is 0. The van der Waals surface area contributed by atoms with E-state index >= 15 is 0 Å². The van der Waals surface area contributed by atoms with Crippen molar-refractivity contribution in [2.45, 2.75) is 299 Å². The summed E-state index contributed by atoms with van der Waals surface area (Å²) in [6.07, 6.45) is -54.9. The Morgan fingerprint density at radius 2 is 0.885 bits per heavy atom. The van der Waals surface area contributed by atoms with Crippen molar-refractivity contribution in [3.63, 3.8) is 0 Å². The monoisotopic (exact) mass is 1390 g/mol. The van der Waals surface area contributed by atoms with Crippen LogP contribution in [0.15, 0.2) is 0 Å². The Morgan fingerprint density at radius 3 is 1.47 bits per heavy atom. The molecule has 34 heteroatoms. The number of fused-ring (bicyclic) bond motifs is 7. The van der Waals surface area contributed by atoms with Gasteiger partial charge in [0.2, 0.25) is 0 Å². The fourth-order valence-electron chi connectivity index (χ4n) is 18.6. The van der Waals surface area contributed by atoms with E-state index in [4.69, 9.17) is 66.3 Å². The smallest absolute Gasteiger partial charge is 0.187 e. The second kappa shape index (κ2) is 29.3. The molecule has 0 amide bonds. The molecule has 20 N–H and O–H groups in total. The van der Waals surface area contributed by atoms with Gasteiger partial charge in [-0.1, -0.05) is 20.8 Å². The summed E-state index contributed by atoms with van der Waals surface area (Å²) < 4.78 is 85.0. The van der Waals surface area contributed by atoms with Gasteiger partial charge in [-0.25, -0.2) is 0 Å². The second-order valence-electron chi connectivity index (χ2n) is 29.5. The first-order valence-electron chi connectivity index (χ1n) is 34.0. The highest BCUT2D eigenvalue weighted by molar-refractivity contribution is 5.18. The van der Waals surface area contributed by atoms with Crippen molar-refractivity contribution in [2.24, 2.45) is 46.8 Å². The minimum absolute atomic E-state index is 0.0442. The molecular weight excluding hydrogens is 1290 g/mol. The molecule has 8 aliphatic heterocycles. The molecule has 4 saturated carbocycles. The van der Waals surface area contributed by atoms with Gasteiger partial charge >= 0.3 is 0 Å². The summed E-state index contributed by atoms with van der Waals surface area (Å²) in [5.41, 5.74) is -2.42. The van der Waals surface area contributed by atoms with E-state index < -0.39 is 246 Å². The van der Waals surface area contributed by atoms with Crippen molar-refractivity contribution in [1.29, 1.82) is 0 Å². The number of aliphatic hydroxyl groups excluding tert-OH is 19. The van der Waals surface area contributed by atoms with E-state index in [1.54, 1.807) is 0 Å². The Labute approximate surface area is 552 Å². The van der Waals surface area contributed by atoms with Crippen LogP contribution in [0.1, 0.15) is 85.5 Å². The minimum Gasteiger partial charge on any atom is -0.394 e. The zero-order valence-electron chi connectivity index (χ0n) is 53.9. The predicted octanol–water partition coefficient (Wildman–Crippen LogP) is -8.54. The molecule has 0 bridgehead atoms. The minimum atomic E-state index is -2.31. The van der Waals surface area contributed by atoms with Crippen molar-refractivity contribution in [1.82, 2.24) is 0 Å². The number of aliphatic hydroxyl groups is 20.